The Morgan fingerprint density at radius 3 is 1.93 bits per heavy atom. The number of carbonyl (C=O) groups excluding carboxylic acids is 1. The molecule has 0 aliphatic heterocycles. The van der Waals surface area contributed by atoms with E-state index in [-0.39, 0.29) is 18.2 Å². The zero-order valence-corrected chi connectivity index (χ0v) is 17.7. The van der Waals surface area contributed by atoms with Gasteiger partial charge in [0, 0.05) is 6.54 Å². The zero-order valence-electron chi connectivity index (χ0n) is 17.7. The first kappa shape index (κ1) is 25.3. The number of nitrogens with one attached hydrogen (secondary N) is 1. The van der Waals surface area contributed by atoms with Crippen molar-refractivity contribution in [1.29, 1.82) is 0 Å². The lowest BCUT2D eigenvalue weighted by molar-refractivity contribution is -0.156. The topological polar surface area (TPSA) is 75.3 Å². The molecule has 0 saturated heterocycles. The predicted octanol–water partition coefficient (Wildman–Crippen LogP) is 3.04. The molecule has 0 atom stereocenters. The summed E-state index contributed by atoms with van der Waals surface area (Å²) in [7, 11) is 0. The molecule has 0 aromatic heterocycles. The highest BCUT2D eigenvalue weighted by molar-refractivity contribution is 5.69. The maximum atomic E-state index is 13.4. The molecule has 0 saturated carbocycles. The molecule has 1 N–H and O–H groups in total. The second-order valence-corrected chi connectivity index (χ2v) is 7.19. The summed E-state index contributed by atoms with van der Waals surface area (Å²) in [4.78, 5) is 11.5. The van der Waals surface area contributed by atoms with Crippen molar-refractivity contribution >= 4 is 11.7 Å². The van der Waals surface area contributed by atoms with Crippen molar-refractivity contribution in [3.8, 4) is 0 Å². The number of ether oxygens (including phenoxy) is 5. The normalized spacial score (nSPS) is 11.4. The van der Waals surface area contributed by atoms with E-state index in [0.29, 0.717) is 65.1 Å². The van der Waals surface area contributed by atoms with Crippen LogP contribution >= 0.6 is 0 Å². The van der Waals surface area contributed by atoms with Crippen molar-refractivity contribution in [3.05, 3.63) is 30.1 Å². The molecule has 1 aromatic carbocycles. The molecular weight excluding hydrogens is 381 g/mol. The molecule has 0 heterocycles. The van der Waals surface area contributed by atoms with E-state index in [1.807, 2.05) is 20.8 Å². The highest BCUT2D eigenvalue weighted by Gasteiger charge is 2.15. The van der Waals surface area contributed by atoms with Gasteiger partial charge >= 0.3 is 5.97 Å². The van der Waals surface area contributed by atoms with Gasteiger partial charge in [-0.25, -0.2) is 4.39 Å². The summed E-state index contributed by atoms with van der Waals surface area (Å²) in [6, 6.07) is 6.52. The van der Waals surface area contributed by atoms with Crippen LogP contribution in [0.5, 0.6) is 0 Å². The standard InChI is InChI=1S/C21H34FNO6/c1-21(2,3)29-20(24)8-10-25-12-14-27-16-17-28-15-13-26-11-9-23-19-7-5-4-6-18(19)22/h4-7,23H,8-17H2,1-3H3. The number of halogens is 1. The lowest BCUT2D eigenvalue weighted by Gasteiger charge is -2.19. The second kappa shape index (κ2) is 15.1. The van der Waals surface area contributed by atoms with Gasteiger partial charge < -0.3 is 29.0 Å². The first-order valence-electron chi connectivity index (χ1n) is 9.90. The molecule has 0 bridgehead atoms. The molecule has 0 radical (unpaired) electrons. The summed E-state index contributed by atoms with van der Waals surface area (Å²) in [5.41, 5.74) is 0.00211. The average molecular weight is 416 g/mol. The second-order valence-electron chi connectivity index (χ2n) is 7.19. The van der Waals surface area contributed by atoms with Gasteiger partial charge in [-0.2, -0.15) is 0 Å². The van der Waals surface area contributed by atoms with Crippen LogP contribution < -0.4 is 5.32 Å². The Hall–Kier alpha value is -1.74. The minimum Gasteiger partial charge on any atom is -0.460 e. The largest absolute Gasteiger partial charge is 0.460 e. The van der Waals surface area contributed by atoms with Crippen LogP contribution in [0.25, 0.3) is 0 Å². The van der Waals surface area contributed by atoms with Crippen LogP contribution in [0.1, 0.15) is 27.2 Å². The zero-order chi connectivity index (χ0) is 21.4. The minimum absolute atomic E-state index is 0.232. The smallest absolute Gasteiger partial charge is 0.308 e. The number of para-hydroxylation sites is 1. The molecule has 0 spiro atoms. The monoisotopic (exact) mass is 415 g/mol. The Kier molecular flexibility index (Phi) is 13.2. The number of carbonyl (C=O) groups is 1. The average Bonchev–Trinajstić information content (AvgIpc) is 2.64. The quantitative estimate of drug-likeness (QED) is 0.329. The molecule has 7 nitrogen and oxygen atoms in total. The molecule has 0 unspecified atom stereocenters. The van der Waals surface area contributed by atoms with E-state index >= 15 is 0 Å². The third kappa shape index (κ3) is 14.9. The SMILES string of the molecule is CC(C)(C)OC(=O)CCOCCOCCOCCOCCNc1ccccc1F. The maximum absolute atomic E-state index is 13.4. The maximum Gasteiger partial charge on any atom is 0.308 e. The van der Waals surface area contributed by atoms with Crippen LogP contribution in [0.3, 0.4) is 0 Å². The molecule has 1 aromatic rings. The molecule has 166 valence electrons. The van der Waals surface area contributed by atoms with Crippen molar-refractivity contribution in [1.82, 2.24) is 0 Å². The lowest BCUT2D eigenvalue weighted by atomic mass is 10.2. The van der Waals surface area contributed by atoms with Gasteiger partial charge in [0.1, 0.15) is 11.4 Å². The first-order valence-corrected chi connectivity index (χ1v) is 9.90. The van der Waals surface area contributed by atoms with Crippen LogP contribution in [0.2, 0.25) is 0 Å². The van der Waals surface area contributed by atoms with Crippen molar-refractivity contribution in [2.45, 2.75) is 32.8 Å². The van der Waals surface area contributed by atoms with E-state index in [2.05, 4.69) is 5.32 Å². The van der Waals surface area contributed by atoms with E-state index in [0.717, 1.165) is 0 Å². The Morgan fingerprint density at radius 1 is 0.862 bits per heavy atom. The summed E-state index contributed by atoms with van der Waals surface area (Å²) in [5.74, 6) is -0.540. The van der Waals surface area contributed by atoms with Crippen LogP contribution in [-0.4, -0.2) is 71.0 Å². The van der Waals surface area contributed by atoms with Gasteiger partial charge in [0.2, 0.25) is 0 Å². The molecular formula is C21H34FNO6. The number of esters is 1. The van der Waals surface area contributed by atoms with Crippen LogP contribution in [0.15, 0.2) is 24.3 Å². The van der Waals surface area contributed by atoms with Crippen LogP contribution in [-0.2, 0) is 28.5 Å². The van der Waals surface area contributed by atoms with E-state index in [1.165, 1.54) is 6.07 Å². The van der Waals surface area contributed by atoms with E-state index < -0.39 is 5.60 Å². The van der Waals surface area contributed by atoms with Crippen molar-refractivity contribution in [2.75, 3.05) is 64.7 Å². The van der Waals surface area contributed by atoms with Gasteiger partial charge in [0.15, 0.2) is 0 Å². The molecule has 29 heavy (non-hydrogen) atoms. The summed E-state index contributed by atoms with van der Waals surface area (Å²) >= 11 is 0. The molecule has 0 fully saturated rings. The minimum atomic E-state index is -0.469. The van der Waals surface area contributed by atoms with Crippen molar-refractivity contribution in [2.24, 2.45) is 0 Å². The van der Waals surface area contributed by atoms with Crippen molar-refractivity contribution < 1.29 is 32.9 Å². The van der Waals surface area contributed by atoms with Crippen LogP contribution in [0.4, 0.5) is 10.1 Å². The van der Waals surface area contributed by atoms with Crippen LogP contribution in [0, 0.1) is 5.82 Å². The summed E-state index contributed by atoms with van der Waals surface area (Å²) < 4.78 is 40.1. The van der Waals surface area contributed by atoms with E-state index in [9.17, 15) is 9.18 Å². The molecule has 0 aliphatic rings. The van der Waals surface area contributed by atoms with Gasteiger partial charge in [-0.15, -0.1) is 0 Å². The fourth-order valence-electron chi connectivity index (χ4n) is 2.17. The lowest BCUT2D eigenvalue weighted by Crippen LogP contribution is -2.24. The number of anilines is 1. The number of hydrogen-bond donors (Lipinski definition) is 1. The number of hydrogen-bond acceptors (Lipinski definition) is 7. The highest BCUT2D eigenvalue weighted by atomic mass is 19.1. The molecule has 8 heteroatoms. The van der Waals surface area contributed by atoms with E-state index in [4.69, 9.17) is 23.7 Å². The first-order chi connectivity index (χ1) is 13.9. The van der Waals surface area contributed by atoms with Gasteiger partial charge in [-0.3, -0.25) is 4.79 Å². The molecule has 1 rings (SSSR count). The summed E-state index contributed by atoms with van der Waals surface area (Å²) in [6.45, 7) is 9.53. The third-order valence-corrected chi connectivity index (χ3v) is 3.42. The van der Waals surface area contributed by atoms with Gasteiger partial charge in [0.05, 0.1) is 65.0 Å². The fourth-order valence-corrected chi connectivity index (χ4v) is 2.17. The summed E-state index contributed by atoms with van der Waals surface area (Å²) in [6.07, 6.45) is 0.232. The highest BCUT2D eigenvalue weighted by Crippen LogP contribution is 2.11. The summed E-state index contributed by atoms with van der Waals surface area (Å²) in [5, 5.41) is 2.97. The Morgan fingerprint density at radius 2 is 1.38 bits per heavy atom. The Bertz CT molecular complexity index is 564. The van der Waals surface area contributed by atoms with Gasteiger partial charge in [-0.1, -0.05) is 12.1 Å². The van der Waals surface area contributed by atoms with Gasteiger partial charge in [-0.05, 0) is 32.9 Å². The Balaban J connectivity index is 1.79. The molecule has 0 aliphatic carbocycles. The fraction of sp³-hybridized carbons (Fsp3) is 0.667. The van der Waals surface area contributed by atoms with E-state index in [1.54, 1.807) is 18.2 Å². The number of benzene rings is 1. The molecule has 0 amide bonds. The Labute approximate surface area is 172 Å². The van der Waals surface area contributed by atoms with Gasteiger partial charge in [0.25, 0.3) is 0 Å². The third-order valence-electron chi connectivity index (χ3n) is 3.42. The number of rotatable bonds is 16. The predicted molar refractivity (Wildman–Crippen MR) is 109 cm³/mol. The van der Waals surface area contributed by atoms with Crippen molar-refractivity contribution in [3.63, 3.8) is 0 Å².